The van der Waals surface area contributed by atoms with Gasteiger partial charge in [0.1, 0.15) is 0 Å². The summed E-state index contributed by atoms with van der Waals surface area (Å²) in [5.41, 5.74) is 5.03. The Labute approximate surface area is 58.8 Å². The van der Waals surface area contributed by atoms with Gasteiger partial charge in [-0.2, -0.15) is 0 Å². The highest BCUT2D eigenvalue weighted by Crippen LogP contribution is 1.57. The van der Waals surface area contributed by atoms with Crippen LogP contribution in [-0.4, -0.2) is 32.6 Å². The zero-order chi connectivity index (χ0) is 6.99. The molecule has 0 aromatic carbocycles. The standard InChI is InChI=1S/2C3H9N.H3N/c1-4(2)3;1-2-3-4;/h1-3H3;2-4H2,1H3;1H3. The fourth-order valence-electron chi connectivity index (χ4n) is 0. The number of rotatable bonds is 1. The summed E-state index contributed by atoms with van der Waals surface area (Å²) in [7, 11) is 6.00. The van der Waals surface area contributed by atoms with Gasteiger partial charge >= 0.3 is 0 Å². The molecule has 0 fully saturated rings. The number of hydrogen-bond donors (Lipinski definition) is 2. The van der Waals surface area contributed by atoms with Crippen LogP contribution in [0.15, 0.2) is 0 Å². The second-order valence-electron chi connectivity index (χ2n) is 2.13. The van der Waals surface area contributed by atoms with Crippen LogP contribution < -0.4 is 11.9 Å². The molecule has 0 unspecified atom stereocenters. The second-order valence-corrected chi connectivity index (χ2v) is 2.13. The van der Waals surface area contributed by atoms with Crippen molar-refractivity contribution in [2.24, 2.45) is 5.73 Å². The van der Waals surface area contributed by atoms with Crippen LogP contribution in [0.2, 0.25) is 0 Å². The first-order valence-corrected chi connectivity index (χ1v) is 2.96. The first kappa shape index (κ1) is 15.9. The Morgan fingerprint density at radius 3 is 1.33 bits per heavy atom. The van der Waals surface area contributed by atoms with Gasteiger partial charge in [-0.3, -0.25) is 0 Å². The lowest BCUT2D eigenvalue weighted by molar-refractivity contribution is 0.505. The molecule has 0 radical (unpaired) electrons. The summed E-state index contributed by atoms with van der Waals surface area (Å²) in [5, 5.41) is 0. The highest BCUT2D eigenvalue weighted by atomic mass is 15.0. The number of nitrogens with zero attached hydrogens (tertiary/aromatic N) is 1. The topological polar surface area (TPSA) is 64.3 Å². The van der Waals surface area contributed by atoms with E-state index in [0.717, 1.165) is 13.0 Å². The quantitative estimate of drug-likeness (QED) is 0.556. The van der Waals surface area contributed by atoms with E-state index in [1.54, 1.807) is 0 Å². The Balaban J connectivity index is -0.0000000720. The average Bonchev–Trinajstić information content (AvgIpc) is 1.65. The van der Waals surface area contributed by atoms with Gasteiger partial charge in [-0.25, -0.2) is 0 Å². The normalized spacial score (nSPS) is 7.33. The summed E-state index contributed by atoms with van der Waals surface area (Å²) in [6.07, 6.45) is 1.10. The molecule has 3 heteroatoms. The Hall–Kier alpha value is -0.120. The highest BCUT2D eigenvalue weighted by Gasteiger charge is 1.58. The third-order valence-electron chi connectivity index (χ3n) is 0.289. The Morgan fingerprint density at radius 2 is 1.33 bits per heavy atom. The van der Waals surface area contributed by atoms with Crippen molar-refractivity contribution < 1.29 is 0 Å². The molecule has 0 atom stereocenters. The lowest BCUT2D eigenvalue weighted by Crippen LogP contribution is -1.99. The molecule has 0 aliphatic carbocycles. The zero-order valence-corrected chi connectivity index (χ0v) is 7.15. The molecule has 0 amide bonds. The molecule has 0 heterocycles. The van der Waals surface area contributed by atoms with Crippen molar-refractivity contribution in [3.05, 3.63) is 0 Å². The van der Waals surface area contributed by atoms with Crippen molar-refractivity contribution in [3.63, 3.8) is 0 Å². The van der Waals surface area contributed by atoms with Crippen LogP contribution in [0.5, 0.6) is 0 Å². The SMILES string of the molecule is CCCN.CN(C)C.N. The Bertz CT molecular complexity index is 24.7. The van der Waals surface area contributed by atoms with Gasteiger partial charge in [-0.05, 0) is 34.1 Å². The minimum atomic E-state index is 0. The monoisotopic (exact) mass is 135 g/mol. The van der Waals surface area contributed by atoms with E-state index in [1.807, 2.05) is 26.0 Å². The molecule has 5 N–H and O–H groups in total. The number of nitrogens with two attached hydrogens (primary N) is 1. The molecule has 0 bridgehead atoms. The molecule has 0 saturated carbocycles. The molecular formula is C6H21N3. The largest absolute Gasteiger partial charge is 0.344 e. The second kappa shape index (κ2) is 15.7. The Morgan fingerprint density at radius 1 is 1.22 bits per heavy atom. The third kappa shape index (κ3) is 352. The van der Waals surface area contributed by atoms with Gasteiger partial charge in [0.05, 0.1) is 0 Å². The van der Waals surface area contributed by atoms with Crippen LogP contribution in [-0.2, 0) is 0 Å². The fraction of sp³-hybridized carbons (Fsp3) is 1.00. The van der Waals surface area contributed by atoms with Crippen molar-refractivity contribution in [3.8, 4) is 0 Å². The van der Waals surface area contributed by atoms with Crippen LogP contribution in [0.1, 0.15) is 13.3 Å². The molecule has 60 valence electrons. The van der Waals surface area contributed by atoms with Crippen LogP contribution in [0.25, 0.3) is 0 Å². The van der Waals surface area contributed by atoms with Gasteiger partial charge < -0.3 is 16.8 Å². The van der Waals surface area contributed by atoms with E-state index in [1.165, 1.54) is 0 Å². The smallest absolute Gasteiger partial charge is 0.00799 e. The summed E-state index contributed by atoms with van der Waals surface area (Å²) in [4.78, 5) is 2.00. The third-order valence-corrected chi connectivity index (χ3v) is 0.289. The minimum Gasteiger partial charge on any atom is -0.344 e. The zero-order valence-electron chi connectivity index (χ0n) is 7.15. The van der Waals surface area contributed by atoms with Gasteiger partial charge in [0.25, 0.3) is 0 Å². The molecule has 0 rings (SSSR count). The predicted molar refractivity (Wildman–Crippen MR) is 44.0 cm³/mol. The van der Waals surface area contributed by atoms with Crippen molar-refractivity contribution in [2.45, 2.75) is 13.3 Å². The summed E-state index contributed by atoms with van der Waals surface area (Å²) in [5.74, 6) is 0. The average molecular weight is 135 g/mol. The van der Waals surface area contributed by atoms with Crippen molar-refractivity contribution in [1.82, 2.24) is 11.1 Å². The molecule has 0 aliphatic rings. The van der Waals surface area contributed by atoms with Crippen molar-refractivity contribution in [2.75, 3.05) is 27.7 Å². The molecule has 0 spiro atoms. The first-order chi connectivity index (χ1) is 3.65. The summed E-state index contributed by atoms with van der Waals surface area (Å²) >= 11 is 0. The van der Waals surface area contributed by atoms with Crippen LogP contribution in [0, 0.1) is 0 Å². The van der Waals surface area contributed by atoms with Crippen LogP contribution in [0.3, 0.4) is 0 Å². The van der Waals surface area contributed by atoms with E-state index < -0.39 is 0 Å². The predicted octanol–water partition coefficient (Wildman–Crippen LogP) is 0.695. The highest BCUT2D eigenvalue weighted by molar-refractivity contribution is 4.19. The molecular weight excluding hydrogens is 114 g/mol. The maximum atomic E-state index is 5.03. The van der Waals surface area contributed by atoms with Gasteiger partial charge in [0, 0.05) is 0 Å². The number of hydrogen-bond acceptors (Lipinski definition) is 3. The van der Waals surface area contributed by atoms with Crippen molar-refractivity contribution in [1.29, 1.82) is 0 Å². The Kier molecular flexibility index (Phi) is 27.8. The first-order valence-electron chi connectivity index (χ1n) is 2.96. The van der Waals surface area contributed by atoms with E-state index in [9.17, 15) is 0 Å². The lowest BCUT2D eigenvalue weighted by Gasteiger charge is -1.90. The summed E-state index contributed by atoms with van der Waals surface area (Å²) < 4.78 is 0. The maximum absolute atomic E-state index is 5.03. The van der Waals surface area contributed by atoms with Gasteiger partial charge in [0.2, 0.25) is 0 Å². The van der Waals surface area contributed by atoms with Gasteiger partial charge in [-0.1, -0.05) is 6.92 Å². The van der Waals surface area contributed by atoms with E-state index in [-0.39, 0.29) is 6.15 Å². The van der Waals surface area contributed by atoms with E-state index in [4.69, 9.17) is 5.73 Å². The molecule has 0 aromatic rings. The molecule has 0 aliphatic heterocycles. The minimum absolute atomic E-state index is 0. The fourth-order valence-corrected chi connectivity index (χ4v) is 0. The van der Waals surface area contributed by atoms with Gasteiger partial charge in [0.15, 0.2) is 0 Å². The van der Waals surface area contributed by atoms with E-state index >= 15 is 0 Å². The molecule has 3 nitrogen and oxygen atoms in total. The van der Waals surface area contributed by atoms with Crippen LogP contribution >= 0.6 is 0 Å². The van der Waals surface area contributed by atoms with Crippen molar-refractivity contribution >= 4 is 0 Å². The van der Waals surface area contributed by atoms with E-state index in [0.29, 0.717) is 0 Å². The lowest BCUT2D eigenvalue weighted by atomic mass is 10.5. The van der Waals surface area contributed by atoms with Crippen LogP contribution in [0.4, 0.5) is 0 Å². The molecule has 0 aromatic heterocycles. The molecule has 9 heavy (non-hydrogen) atoms. The van der Waals surface area contributed by atoms with Gasteiger partial charge in [-0.15, -0.1) is 0 Å². The maximum Gasteiger partial charge on any atom is -0.00799 e. The summed E-state index contributed by atoms with van der Waals surface area (Å²) in [6.45, 7) is 2.88. The van der Waals surface area contributed by atoms with E-state index in [2.05, 4.69) is 6.92 Å². The molecule has 0 saturated heterocycles. The summed E-state index contributed by atoms with van der Waals surface area (Å²) in [6, 6.07) is 0.